The van der Waals surface area contributed by atoms with Crippen molar-refractivity contribution in [2.24, 2.45) is 0 Å². The van der Waals surface area contributed by atoms with Gasteiger partial charge < -0.3 is 5.32 Å². The number of nitrogens with one attached hydrogen (secondary N) is 1. The van der Waals surface area contributed by atoms with Gasteiger partial charge in [0.25, 0.3) is 0 Å². The lowest BCUT2D eigenvalue weighted by Gasteiger charge is -2.11. The minimum Gasteiger partial charge on any atom is -0.311 e. The van der Waals surface area contributed by atoms with Crippen LogP contribution in [0.4, 0.5) is 0 Å². The van der Waals surface area contributed by atoms with Gasteiger partial charge in [-0.15, -0.1) is 11.3 Å². The highest BCUT2D eigenvalue weighted by Gasteiger charge is 2.27. The molecule has 0 aromatic carbocycles. The summed E-state index contributed by atoms with van der Waals surface area (Å²) in [5.74, 6) is 0.280. The Labute approximate surface area is 114 Å². The number of rotatable bonds is 6. The molecule has 0 spiro atoms. The van der Waals surface area contributed by atoms with Crippen molar-refractivity contribution in [3.8, 4) is 0 Å². The van der Waals surface area contributed by atoms with Crippen molar-refractivity contribution in [3.05, 3.63) is 21.9 Å². The molecule has 3 nitrogen and oxygen atoms in total. The summed E-state index contributed by atoms with van der Waals surface area (Å²) in [7, 11) is -2.87. The predicted molar refractivity (Wildman–Crippen MR) is 76.8 cm³/mol. The minimum atomic E-state index is -2.87. The Balaban J connectivity index is 1.71. The van der Waals surface area contributed by atoms with Gasteiger partial charge in [-0.3, -0.25) is 0 Å². The van der Waals surface area contributed by atoms with Crippen LogP contribution in [-0.2, 0) is 16.4 Å². The Kier molecular flexibility index (Phi) is 4.81. The molecule has 0 unspecified atom stereocenters. The van der Waals surface area contributed by atoms with Crippen LogP contribution < -0.4 is 5.32 Å². The van der Waals surface area contributed by atoms with Gasteiger partial charge in [0.2, 0.25) is 0 Å². The summed E-state index contributed by atoms with van der Waals surface area (Å²) >= 11 is 1.76. The zero-order chi connectivity index (χ0) is 13.0. The molecule has 1 heterocycles. The molecule has 1 aliphatic rings. The Hall–Kier alpha value is -0.390. The van der Waals surface area contributed by atoms with Gasteiger partial charge in [0.05, 0.1) is 11.0 Å². The number of sulfone groups is 1. The van der Waals surface area contributed by atoms with Gasteiger partial charge in [0, 0.05) is 22.8 Å². The van der Waals surface area contributed by atoms with Crippen LogP contribution in [-0.4, -0.2) is 26.0 Å². The topological polar surface area (TPSA) is 46.2 Å². The Bertz CT molecular complexity index is 473. The van der Waals surface area contributed by atoms with E-state index in [1.165, 1.54) is 9.75 Å². The van der Waals surface area contributed by atoms with Crippen LogP contribution in [0.25, 0.3) is 0 Å². The average Bonchev–Trinajstić information content (AvgIpc) is 2.95. The third kappa shape index (κ3) is 3.80. The summed E-state index contributed by atoms with van der Waals surface area (Å²) in [6.45, 7) is 3.42. The summed E-state index contributed by atoms with van der Waals surface area (Å²) in [5.41, 5.74) is 0. The first-order valence-corrected chi connectivity index (χ1v) is 9.09. The van der Waals surface area contributed by atoms with E-state index < -0.39 is 9.84 Å². The molecule has 1 aromatic heterocycles. The van der Waals surface area contributed by atoms with Crippen molar-refractivity contribution in [2.75, 3.05) is 12.3 Å². The fraction of sp³-hybridized carbons (Fsp3) is 0.692. The van der Waals surface area contributed by atoms with Gasteiger partial charge in [-0.1, -0.05) is 12.8 Å². The molecule has 0 atom stereocenters. The smallest absolute Gasteiger partial charge is 0.154 e. The van der Waals surface area contributed by atoms with Crippen molar-refractivity contribution in [3.63, 3.8) is 0 Å². The van der Waals surface area contributed by atoms with Crippen LogP contribution >= 0.6 is 11.3 Å². The molecule has 1 aliphatic carbocycles. The molecule has 1 fully saturated rings. The van der Waals surface area contributed by atoms with E-state index in [4.69, 9.17) is 0 Å². The molecule has 2 rings (SSSR count). The summed E-state index contributed by atoms with van der Waals surface area (Å²) < 4.78 is 24.0. The fourth-order valence-corrected chi connectivity index (χ4v) is 5.09. The Morgan fingerprint density at radius 3 is 2.67 bits per heavy atom. The van der Waals surface area contributed by atoms with Crippen LogP contribution in [0.2, 0.25) is 0 Å². The highest BCUT2D eigenvalue weighted by Crippen LogP contribution is 2.24. The van der Waals surface area contributed by atoms with Crippen molar-refractivity contribution in [1.29, 1.82) is 0 Å². The summed E-state index contributed by atoms with van der Waals surface area (Å²) in [6.07, 6.45) is 3.89. The largest absolute Gasteiger partial charge is 0.311 e. The van der Waals surface area contributed by atoms with Gasteiger partial charge in [0.15, 0.2) is 9.84 Å². The van der Waals surface area contributed by atoms with Crippen LogP contribution in [0.1, 0.15) is 35.4 Å². The summed E-state index contributed by atoms with van der Waals surface area (Å²) in [6, 6.07) is 4.19. The first-order valence-electron chi connectivity index (χ1n) is 6.55. The fourth-order valence-electron chi connectivity index (χ4n) is 2.42. The second-order valence-electron chi connectivity index (χ2n) is 4.96. The molecule has 0 aliphatic heterocycles. The van der Waals surface area contributed by atoms with Crippen LogP contribution in [0.5, 0.6) is 0 Å². The predicted octanol–water partition coefficient (Wildman–Crippen LogP) is 2.50. The van der Waals surface area contributed by atoms with Gasteiger partial charge in [0.1, 0.15) is 0 Å². The molecule has 1 aromatic rings. The maximum atomic E-state index is 12.0. The first kappa shape index (κ1) is 14.0. The van der Waals surface area contributed by atoms with Gasteiger partial charge in [-0.25, -0.2) is 8.42 Å². The molecule has 0 bridgehead atoms. The van der Waals surface area contributed by atoms with Crippen LogP contribution in [0, 0.1) is 6.92 Å². The monoisotopic (exact) mass is 287 g/mol. The van der Waals surface area contributed by atoms with Gasteiger partial charge in [-0.2, -0.15) is 0 Å². The van der Waals surface area contributed by atoms with Crippen LogP contribution in [0.3, 0.4) is 0 Å². The van der Waals surface area contributed by atoms with Crippen molar-refractivity contribution in [2.45, 2.75) is 44.4 Å². The molecule has 18 heavy (non-hydrogen) atoms. The first-order chi connectivity index (χ1) is 8.58. The zero-order valence-corrected chi connectivity index (χ0v) is 12.4. The van der Waals surface area contributed by atoms with E-state index >= 15 is 0 Å². The third-order valence-electron chi connectivity index (χ3n) is 3.47. The number of aryl methyl sites for hydroxylation is 1. The molecule has 0 saturated heterocycles. The van der Waals surface area contributed by atoms with E-state index in [9.17, 15) is 8.42 Å². The number of hydrogen-bond acceptors (Lipinski definition) is 4. The van der Waals surface area contributed by atoms with Crippen LogP contribution in [0.15, 0.2) is 12.1 Å². The maximum absolute atomic E-state index is 12.0. The average molecular weight is 287 g/mol. The quantitative estimate of drug-likeness (QED) is 0.818. The zero-order valence-electron chi connectivity index (χ0n) is 10.8. The highest BCUT2D eigenvalue weighted by molar-refractivity contribution is 7.92. The molecule has 0 amide bonds. The van der Waals surface area contributed by atoms with Gasteiger partial charge >= 0.3 is 0 Å². The maximum Gasteiger partial charge on any atom is 0.154 e. The molecular weight excluding hydrogens is 266 g/mol. The highest BCUT2D eigenvalue weighted by atomic mass is 32.2. The molecule has 0 radical (unpaired) electrons. The van der Waals surface area contributed by atoms with Gasteiger partial charge in [-0.05, 0) is 31.9 Å². The lowest BCUT2D eigenvalue weighted by Crippen LogP contribution is -2.28. The molecule has 102 valence electrons. The molecule has 1 N–H and O–H groups in total. The van der Waals surface area contributed by atoms with Crippen molar-refractivity contribution in [1.82, 2.24) is 5.32 Å². The number of hydrogen-bond donors (Lipinski definition) is 1. The number of thiophene rings is 1. The molecule has 5 heteroatoms. The van der Waals surface area contributed by atoms with E-state index in [1.807, 2.05) is 0 Å². The van der Waals surface area contributed by atoms with E-state index in [-0.39, 0.29) is 11.0 Å². The summed E-state index contributed by atoms with van der Waals surface area (Å²) in [5, 5.41) is 3.16. The Morgan fingerprint density at radius 2 is 2.06 bits per heavy atom. The van der Waals surface area contributed by atoms with E-state index in [0.717, 1.165) is 32.2 Å². The van der Waals surface area contributed by atoms with Crippen molar-refractivity contribution >= 4 is 21.2 Å². The normalized spacial score (nSPS) is 17.4. The van der Waals surface area contributed by atoms with E-state index in [0.29, 0.717) is 6.54 Å². The standard InChI is InChI=1S/C13H21NO2S2/c1-11-6-7-12(17-11)10-14-8-9-18(15,16)13-4-2-3-5-13/h6-7,13-14H,2-5,8-10H2,1H3. The second-order valence-corrected chi connectivity index (χ2v) is 8.74. The molecular formula is C13H21NO2S2. The lowest BCUT2D eigenvalue weighted by atomic mass is 10.4. The van der Waals surface area contributed by atoms with E-state index in [2.05, 4.69) is 24.4 Å². The Morgan fingerprint density at radius 1 is 1.33 bits per heavy atom. The minimum absolute atomic E-state index is 0.0664. The van der Waals surface area contributed by atoms with Crippen molar-refractivity contribution < 1.29 is 8.42 Å². The molecule has 1 saturated carbocycles. The van der Waals surface area contributed by atoms with E-state index in [1.54, 1.807) is 11.3 Å². The third-order valence-corrected chi connectivity index (χ3v) is 6.73. The lowest BCUT2D eigenvalue weighted by molar-refractivity contribution is 0.575. The summed E-state index contributed by atoms with van der Waals surface area (Å²) in [4.78, 5) is 2.57. The second kappa shape index (κ2) is 6.17. The SMILES string of the molecule is Cc1ccc(CNCCS(=O)(=O)C2CCCC2)s1.